The molecule has 9 nitrogen and oxygen atoms in total. The number of likely N-dealkylation sites (tertiary alicyclic amines) is 1. The zero-order chi connectivity index (χ0) is 29.1. The lowest BCUT2D eigenvalue weighted by Crippen LogP contribution is -2.48. The van der Waals surface area contributed by atoms with Crippen LogP contribution in [0.15, 0.2) is 36.4 Å². The molecule has 1 fully saturated rings. The summed E-state index contributed by atoms with van der Waals surface area (Å²) >= 11 is 5.92. The number of piperidine rings is 1. The van der Waals surface area contributed by atoms with Gasteiger partial charge < -0.3 is 14.4 Å². The highest BCUT2D eigenvalue weighted by Crippen LogP contribution is 2.39. The monoisotopic (exact) mass is 567 g/mol. The van der Waals surface area contributed by atoms with Crippen molar-refractivity contribution >= 4 is 29.0 Å². The van der Waals surface area contributed by atoms with Crippen LogP contribution in [0.2, 0.25) is 5.02 Å². The van der Waals surface area contributed by atoms with Crippen LogP contribution < -0.4 is 9.47 Å². The van der Waals surface area contributed by atoms with E-state index in [0.29, 0.717) is 19.2 Å². The molecule has 1 aliphatic heterocycles. The minimum Gasteiger partial charge on any atom is -0.476 e. The quantitative estimate of drug-likeness (QED) is 0.216. The lowest BCUT2D eigenvalue weighted by atomic mass is 9.90. The SMILES string of the molecule is CC1CC(C)CN(C(=O)C(C#N)C(=O)C(C)Oc2cc(Oc3ccc(C(F)(F)F)cc3Cl)ccc2[N+](=O)[O-])C1. The van der Waals surface area contributed by atoms with Gasteiger partial charge in [0.2, 0.25) is 11.7 Å². The summed E-state index contributed by atoms with van der Waals surface area (Å²) in [6.45, 7) is 6.00. The molecule has 0 bridgehead atoms. The highest BCUT2D eigenvalue weighted by Gasteiger charge is 2.37. The van der Waals surface area contributed by atoms with Gasteiger partial charge in [0.25, 0.3) is 0 Å². The number of nitro groups is 1. The van der Waals surface area contributed by atoms with Gasteiger partial charge in [0.15, 0.2) is 17.8 Å². The molecule has 1 saturated heterocycles. The van der Waals surface area contributed by atoms with Crippen LogP contribution in [0.5, 0.6) is 17.2 Å². The third-order valence-corrected chi connectivity index (χ3v) is 6.46. The van der Waals surface area contributed by atoms with Crippen molar-refractivity contribution < 1.29 is 37.2 Å². The van der Waals surface area contributed by atoms with Gasteiger partial charge in [-0.3, -0.25) is 19.7 Å². The molecule has 1 amide bonds. The van der Waals surface area contributed by atoms with Crippen molar-refractivity contribution in [3.63, 3.8) is 0 Å². The second-order valence-corrected chi connectivity index (χ2v) is 9.95. The molecule has 4 atom stereocenters. The lowest BCUT2D eigenvalue weighted by molar-refractivity contribution is -0.386. The van der Waals surface area contributed by atoms with Gasteiger partial charge in [-0.15, -0.1) is 0 Å². The van der Waals surface area contributed by atoms with Crippen LogP contribution in [0.1, 0.15) is 32.8 Å². The van der Waals surface area contributed by atoms with Gasteiger partial charge in [-0.1, -0.05) is 25.4 Å². The van der Waals surface area contributed by atoms with Crippen LogP contribution in [0, 0.1) is 39.2 Å². The number of rotatable bonds is 8. The molecule has 2 aromatic carbocycles. The van der Waals surface area contributed by atoms with Gasteiger partial charge in [0.1, 0.15) is 11.5 Å². The molecule has 13 heteroatoms. The second kappa shape index (κ2) is 11.9. The number of benzene rings is 2. The standard InChI is InChI=1S/C26H25ClF3N3O6/c1-14-8-15(2)13-32(12-14)25(35)19(11-31)24(34)16(3)38-23-10-18(5-6-21(23)33(36)37)39-22-7-4-17(9-20(22)27)26(28,29)30/h4-7,9-10,14-16,19H,8,12-13H2,1-3H3. The van der Waals surface area contributed by atoms with E-state index in [1.807, 2.05) is 13.8 Å². The Kier molecular flexibility index (Phi) is 9.07. The van der Waals surface area contributed by atoms with Crippen molar-refractivity contribution in [2.75, 3.05) is 13.1 Å². The van der Waals surface area contributed by atoms with E-state index in [9.17, 15) is 38.1 Å². The maximum Gasteiger partial charge on any atom is 0.416 e. The molecule has 0 aliphatic carbocycles. The van der Waals surface area contributed by atoms with Crippen LogP contribution in [0.4, 0.5) is 18.9 Å². The smallest absolute Gasteiger partial charge is 0.416 e. The van der Waals surface area contributed by atoms with Gasteiger partial charge >= 0.3 is 11.9 Å². The molecule has 0 N–H and O–H groups in total. The molecule has 0 aromatic heterocycles. The maximum absolute atomic E-state index is 13.0. The molecular weight excluding hydrogens is 543 g/mol. The van der Waals surface area contributed by atoms with Crippen LogP contribution in [-0.2, 0) is 15.8 Å². The predicted octanol–water partition coefficient (Wildman–Crippen LogP) is 6.04. The number of hydrogen-bond acceptors (Lipinski definition) is 7. The predicted molar refractivity (Wildman–Crippen MR) is 133 cm³/mol. The van der Waals surface area contributed by atoms with E-state index in [-0.39, 0.29) is 28.4 Å². The minimum absolute atomic E-state index is 0.0823. The Labute approximate surface area is 227 Å². The number of Topliss-reactive ketones (excluding diaryl/α,β-unsaturated/α-hetero) is 1. The van der Waals surface area contributed by atoms with E-state index in [0.717, 1.165) is 30.7 Å². The Morgan fingerprint density at radius 1 is 1.15 bits per heavy atom. The third kappa shape index (κ3) is 7.17. The average Bonchev–Trinajstić information content (AvgIpc) is 2.84. The normalized spacial score (nSPS) is 19.0. The largest absolute Gasteiger partial charge is 0.476 e. The van der Waals surface area contributed by atoms with E-state index >= 15 is 0 Å². The number of carbonyl (C=O) groups is 2. The molecule has 208 valence electrons. The number of ether oxygens (including phenoxy) is 2. The first-order chi connectivity index (χ1) is 18.2. The highest BCUT2D eigenvalue weighted by molar-refractivity contribution is 6.32. The number of hydrogen-bond donors (Lipinski definition) is 0. The van der Waals surface area contributed by atoms with Crippen molar-refractivity contribution in [1.82, 2.24) is 4.90 Å². The topological polar surface area (TPSA) is 123 Å². The van der Waals surface area contributed by atoms with E-state index in [1.165, 1.54) is 17.9 Å². The van der Waals surface area contributed by atoms with Crippen LogP contribution in [-0.4, -0.2) is 40.7 Å². The van der Waals surface area contributed by atoms with Gasteiger partial charge in [0, 0.05) is 25.2 Å². The number of nitrogens with zero attached hydrogens (tertiary/aromatic N) is 3. The molecule has 39 heavy (non-hydrogen) atoms. The third-order valence-electron chi connectivity index (χ3n) is 6.16. The van der Waals surface area contributed by atoms with E-state index < -0.39 is 51.8 Å². The number of ketones is 1. The number of amides is 1. The number of halogens is 4. The molecule has 4 unspecified atom stereocenters. The van der Waals surface area contributed by atoms with Crippen LogP contribution in [0.25, 0.3) is 0 Å². The summed E-state index contributed by atoms with van der Waals surface area (Å²) in [6, 6.07) is 7.39. The summed E-state index contributed by atoms with van der Waals surface area (Å²) in [7, 11) is 0. The molecule has 0 spiro atoms. The van der Waals surface area contributed by atoms with E-state index in [2.05, 4.69) is 0 Å². The Hall–Kier alpha value is -3.85. The summed E-state index contributed by atoms with van der Waals surface area (Å²) in [5.74, 6) is -3.45. The molecule has 0 saturated carbocycles. The molecule has 3 rings (SSSR count). The number of nitro benzene ring substituents is 1. The van der Waals surface area contributed by atoms with Crippen molar-refractivity contribution in [2.24, 2.45) is 17.8 Å². The fourth-order valence-corrected chi connectivity index (χ4v) is 4.66. The van der Waals surface area contributed by atoms with Gasteiger partial charge in [-0.25, -0.2) is 0 Å². The summed E-state index contributed by atoms with van der Waals surface area (Å²) in [5.41, 5.74) is -1.53. The Balaban J connectivity index is 1.81. The molecule has 2 aromatic rings. The van der Waals surface area contributed by atoms with Crippen LogP contribution >= 0.6 is 11.6 Å². The molecule has 1 aliphatic rings. The fourth-order valence-electron chi connectivity index (χ4n) is 4.44. The van der Waals surface area contributed by atoms with Gasteiger partial charge in [-0.2, -0.15) is 18.4 Å². The first-order valence-electron chi connectivity index (χ1n) is 11.9. The minimum atomic E-state index is -4.62. The maximum atomic E-state index is 13.0. The molecular formula is C26H25ClF3N3O6. The highest BCUT2D eigenvalue weighted by atomic mass is 35.5. The fraction of sp³-hybridized carbons (Fsp3) is 0.423. The van der Waals surface area contributed by atoms with Crippen molar-refractivity contribution in [1.29, 1.82) is 5.26 Å². The summed E-state index contributed by atoms with van der Waals surface area (Å²) in [4.78, 5) is 38.3. The Bertz CT molecular complexity index is 1300. The van der Waals surface area contributed by atoms with E-state index in [1.54, 1.807) is 6.07 Å². The van der Waals surface area contributed by atoms with E-state index in [4.69, 9.17) is 21.1 Å². The summed E-state index contributed by atoms with van der Waals surface area (Å²) in [5, 5.41) is 20.8. The Morgan fingerprint density at radius 3 is 2.33 bits per heavy atom. The Morgan fingerprint density at radius 2 is 1.79 bits per heavy atom. The van der Waals surface area contributed by atoms with Gasteiger partial charge in [-0.05, 0) is 49.4 Å². The van der Waals surface area contributed by atoms with Crippen molar-refractivity contribution in [3.8, 4) is 23.3 Å². The number of carbonyl (C=O) groups excluding carboxylic acids is 2. The zero-order valence-corrected chi connectivity index (χ0v) is 22.0. The van der Waals surface area contributed by atoms with Crippen molar-refractivity contribution in [2.45, 2.75) is 39.5 Å². The van der Waals surface area contributed by atoms with Gasteiger partial charge in [0.05, 0.1) is 21.6 Å². The first kappa shape index (κ1) is 29.7. The second-order valence-electron chi connectivity index (χ2n) is 9.55. The average molecular weight is 568 g/mol. The number of alkyl halides is 3. The molecule has 1 heterocycles. The first-order valence-corrected chi connectivity index (χ1v) is 12.3. The van der Waals surface area contributed by atoms with Crippen molar-refractivity contribution in [3.05, 3.63) is 57.1 Å². The summed E-state index contributed by atoms with van der Waals surface area (Å²) < 4.78 is 49.8. The molecule has 0 radical (unpaired) electrons. The zero-order valence-electron chi connectivity index (χ0n) is 21.2. The van der Waals surface area contributed by atoms with Crippen LogP contribution in [0.3, 0.4) is 0 Å². The number of nitriles is 1. The lowest BCUT2D eigenvalue weighted by Gasteiger charge is -2.35. The summed E-state index contributed by atoms with van der Waals surface area (Å²) in [6.07, 6.45) is -5.14.